The maximum atomic E-state index is 14.1. The molecule has 0 aliphatic rings. The van der Waals surface area contributed by atoms with Gasteiger partial charge in [0.2, 0.25) is 11.8 Å². The number of hydrogen-bond acceptors (Lipinski definition) is 5. The molecule has 4 rings (SSSR count). The fourth-order valence-corrected chi connectivity index (χ4v) is 6.03. The molecular weight excluding hydrogens is 574 g/mol. The maximum absolute atomic E-state index is 14.1. The lowest BCUT2D eigenvalue weighted by Crippen LogP contribution is -2.51. The van der Waals surface area contributed by atoms with Gasteiger partial charge in [0.05, 0.1) is 10.6 Å². The van der Waals surface area contributed by atoms with Gasteiger partial charge in [-0.25, -0.2) is 8.42 Å². The van der Waals surface area contributed by atoms with E-state index >= 15 is 0 Å². The van der Waals surface area contributed by atoms with Crippen LogP contribution in [0.5, 0.6) is 11.5 Å². The van der Waals surface area contributed by atoms with Gasteiger partial charge in [-0.2, -0.15) is 0 Å². The Morgan fingerprint density at radius 1 is 0.818 bits per heavy atom. The Bertz CT molecular complexity index is 1660. The highest BCUT2D eigenvalue weighted by Gasteiger charge is 2.32. The fraction of sp³-hybridized carbons (Fsp3) is 0.257. The monoisotopic (exact) mass is 613 g/mol. The molecule has 0 bridgehead atoms. The number of para-hydroxylation sites is 1. The van der Waals surface area contributed by atoms with Gasteiger partial charge >= 0.3 is 0 Å². The molecule has 230 valence electrons. The number of rotatable bonds is 13. The number of hydrogen-bond donors (Lipinski definition) is 1. The molecule has 4 aromatic carbocycles. The van der Waals surface area contributed by atoms with Crippen molar-refractivity contribution in [3.63, 3.8) is 0 Å². The average molecular weight is 614 g/mol. The number of anilines is 1. The molecule has 0 saturated heterocycles. The Kier molecular flexibility index (Phi) is 10.8. The molecule has 0 radical (unpaired) electrons. The van der Waals surface area contributed by atoms with Crippen molar-refractivity contribution in [3.05, 3.63) is 120 Å². The highest BCUT2D eigenvalue weighted by molar-refractivity contribution is 7.92. The van der Waals surface area contributed by atoms with Crippen LogP contribution in [0.25, 0.3) is 0 Å². The summed E-state index contributed by atoms with van der Waals surface area (Å²) in [7, 11) is -4.17. The zero-order valence-electron chi connectivity index (χ0n) is 25.6. The standard InChI is InChI=1S/C35H39N3O5S/c1-5-23-36-35(40)28(4)37(24-29-12-10-9-11-27(29)3)34(39)25-38(44(41,42)33-21-15-26(2)16-22-33)30-17-19-32(20-18-30)43-31-13-7-6-8-14-31/h6-22,28H,5,23-25H2,1-4H3,(H,36,40)/t28-/m0/s1. The van der Waals surface area contributed by atoms with Crippen molar-refractivity contribution in [3.8, 4) is 11.5 Å². The van der Waals surface area contributed by atoms with E-state index in [1.165, 1.54) is 17.0 Å². The second-order valence-electron chi connectivity index (χ2n) is 10.6. The number of nitrogens with zero attached hydrogens (tertiary/aromatic N) is 2. The number of amides is 2. The first-order valence-electron chi connectivity index (χ1n) is 14.6. The fourth-order valence-electron chi connectivity index (χ4n) is 4.62. The van der Waals surface area contributed by atoms with Crippen molar-refractivity contribution in [2.45, 2.75) is 51.6 Å². The Morgan fingerprint density at radius 3 is 2.07 bits per heavy atom. The van der Waals surface area contributed by atoms with Crippen LogP contribution in [0, 0.1) is 13.8 Å². The van der Waals surface area contributed by atoms with Crippen LogP contribution in [-0.2, 0) is 26.2 Å². The van der Waals surface area contributed by atoms with Gasteiger partial charge in [-0.3, -0.25) is 13.9 Å². The smallest absolute Gasteiger partial charge is 0.264 e. The second-order valence-corrected chi connectivity index (χ2v) is 12.5. The van der Waals surface area contributed by atoms with Gasteiger partial charge < -0.3 is 15.0 Å². The van der Waals surface area contributed by atoms with Crippen molar-refractivity contribution in [1.82, 2.24) is 10.2 Å². The predicted octanol–water partition coefficient (Wildman–Crippen LogP) is 6.23. The van der Waals surface area contributed by atoms with Gasteiger partial charge in [-0.1, -0.05) is 67.1 Å². The van der Waals surface area contributed by atoms with Crippen molar-refractivity contribution in [2.75, 3.05) is 17.4 Å². The molecule has 4 aromatic rings. The maximum Gasteiger partial charge on any atom is 0.264 e. The van der Waals surface area contributed by atoms with Crippen LogP contribution in [0.4, 0.5) is 5.69 Å². The minimum Gasteiger partial charge on any atom is -0.457 e. The lowest BCUT2D eigenvalue weighted by atomic mass is 10.1. The summed E-state index contributed by atoms with van der Waals surface area (Å²) in [6.45, 7) is 7.53. The van der Waals surface area contributed by atoms with Crippen LogP contribution in [0.15, 0.2) is 108 Å². The Morgan fingerprint density at radius 2 is 1.43 bits per heavy atom. The Labute approximate surface area is 260 Å². The highest BCUT2D eigenvalue weighted by Crippen LogP contribution is 2.29. The first kappa shape index (κ1) is 32.3. The summed E-state index contributed by atoms with van der Waals surface area (Å²) < 4.78 is 35.1. The van der Waals surface area contributed by atoms with E-state index in [4.69, 9.17) is 4.74 Å². The van der Waals surface area contributed by atoms with Crippen molar-refractivity contribution in [2.24, 2.45) is 0 Å². The second kappa shape index (κ2) is 14.7. The van der Waals surface area contributed by atoms with Crippen molar-refractivity contribution in [1.29, 1.82) is 0 Å². The summed E-state index contributed by atoms with van der Waals surface area (Å²) >= 11 is 0. The molecule has 0 unspecified atom stereocenters. The van der Waals surface area contributed by atoms with Crippen LogP contribution < -0.4 is 14.4 Å². The third-order valence-electron chi connectivity index (χ3n) is 7.31. The molecule has 0 aliphatic carbocycles. The van der Waals surface area contributed by atoms with Crippen LogP contribution in [0.2, 0.25) is 0 Å². The number of nitrogens with one attached hydrogen (secondary N) is 1. The molecule has 0 aliphatic heterocycles. The van der Waals surface area contributed by atoms with Gasteiger partial charge in [0.25, 0.3) is 10.0 Å². The molecule has 9 heteroatoms. The number of aryl methyl sites for hydroxylation is 2. The molecule has 2 amide bonds. The summed E-state index contributed by atoms with van der Waals surface area (Å²) in [5.41, 5.74) is 3.03. The molecule has 0 aromatic heterocycles. The van der Waals surface area contributed by atoms with Crippen LogP contribution in [0.3, 0.4) is 0 Å². The SMILES string of the molecule is CCCNC(=O)[C@H](C)N(Cc1ccccc1C)C(=O)CN(c1ccc(Oc2ccccc2)cc1)S(=O)(=O)c1ccc(C)cc1. The molecule has 8 nitrogen and oxygen atoms in total. The number of benzene rings is 4. The number of carbonyl (C=O) groups excluding carboxylic acids is 2. The van der Waals surface area contributed by atoms with Gasteiger partial charge in [-0.05, 0) is 86.8 Å². The summed E-state index contributed by atoms with van der Waals surface area (Å²) in [5, 5.41) is 2.86. The van der Waals surface area contributed by atoms with E-state index in [-0.39, 0.29) is 17.3 Å². The summed E-state index contributed by atoms with van der Waals surface area (Å²) in [5.74, 6) is 0.347. The van der Waals surface area contributed by atoms with Crippen LogP contribution >= 0.6 is 0 Å². The third-order valence-corrected chi connectivity index (χ3v) is 9.10. The Hall–Kier alpha value is -4.63. The first-order chi connectivity index (χ1) is 21.1. The van der Waals surface area contributed by atoms with Crippen LogP contribution in [0.1, 0.15) is 37.0 Å². The van der Waals surface area contributed by atoms with Crippen molar-refractivity contribution >= 4 is 27.5 Å². The first-order valence-corrected chi connectivity index (χ1v) is 16.1. The quantitative estimate of drug-likeness (QED) is 0.193. The molecule has 0 fully saturated rings. The molecule has 0 heterocycles. The average Bonchev–Trinajstić information content (AvgIpc) is 3.02. The van der Waals surface area contributed by atoms with Gasteiger partial charge in [0, 0.05) is 13.1 Å². The topological polar surface area (TPSA) is 96.0 Å². The summed E-state index contributed by atoms with van der Waals surface area (Å²) in [6, 6.07) is 29.1. The highest BCUT2D eigenvalue weighted by atomic mass is 32.2. The predicted molar refractivity (Wildman–Crippen MR) is 173 cm³/mol. The minimum atomic E-state index is -4.17. The molecule has 44 heavy (non-hydrogen) atoms. The molecular formula is C35H39N3O5S. The largest absolute Gasteiger partial charge is 0.457 e. The lowest BCUT2D eigenvalue weighted by Gasteiger charge is -2.32. The molecule has 1 atom stereocenters. The van der Waals surface area contributed by atoms with E-state index in [9.17, 15) is 18.0 Å². The summed E-state index contributed by atoms with van der Waals surface area (Å²) in [6.07, 6.45) is 0.747. The van der Waals surface area contributed by atoms with E-state index < -0.39 is 28.5 Å². The normalized spacial score (nSPS) is 11.8. The molecule has 1 N–H and O–H groups in total. The van der Waals surface area contributed by atoms with E-state index in [0.29, 0.717) is 23.7 Å². The van der Waals surface area contributed by atoms with Gasteiger partial charge in [0.1, 0.15) is 24.1 Å². The van der Waals surface area contributed by atoms with E-state index in [1.807, 2.05) is 75.4 Å². The number of sulfonamides is 1. The zero-order valence-corrected chi connectivity index (χ0v) is 26.4. The Balaban J connectivity index is 1.70. The molecule has 0 spiro atoms. The lowest BCUT2D eigenvalue weighted by molar-refractivity contribution is -0.139. The van der Waals surface area contributed by atoms with Gasteiger partial charge in [-0.15, -0.1) is 0 Å². The van der Waals surface area contributed by atoms with Crippen molar-refractivity contribution < 1.29 is 22.7 Å². The zero-order chi connectivity index (χ0) is 31.7. The summed E-state index contributed by atoms with van der Waals surface area (Å²) in [4.78, 5) is 28.7. The van der Waals surface area contributed by atoms with Gasteiger partial charge in [0.15, 0.2) is 0 Å². The molecule has 0 saturated carbocycles. The number of carbonyl (C=O) groups is 2. The minimum absolute atomic E-state index is 0.0553. The van der Waals surface area contributed by atoms with Crippen LogP contribution in [-0.4, -0.2) is 44.3 Å². The van der Waals surface area contributed by atoms with E-state index in [2.05, 4.69) is 5.32 Å². The third kappa shape index (κ3) is 8.05. The van der Waals surface area contributed by atoms with E-state index in [0.717, 1.165) is 27.4 Å². The number of ether oxygens (including phenoxy) is 1. The van der Waals surface area contributed by atoms with E-state index in [1.54, 1.807) is 43.3 Å².